The first-order chi connectivity index (χ1) is 13.7. The summed E-state index contributed by atoms with van der Waals surface area (Å²) in [7, 11) is 0. The monoisotopic (exact) mass is 423 g/mol. The molecule has 1 aliphatic carbocycles. The minimum atomic E-state index is -0.150. The minimum Gasteiger partial charge on any atom is -0.394 e. The molecule has 2 aromatic heterocycles. The predicted molar refractivity (Wildman–Crippen MR) is 112 cm³/mol. The van der Waals surface area contributed by atoms with Crippen molar-refractivity contribution in [2.75, 3.05) is 32.1 Å². The van der Waals surface area contributed by atoms with Crippen molar-refractivity contribution in [1.82, 2.24) is 14.9 Å². The first kappa shape index (κ1) is 21.0. The number of allylic oxidation sites excluding steroid dienone is 1. The van der Waals surface area contributed by atoms with Gasteiger partial charge in [-0.25, -0.2) is 4.98 Å². The maximum Gasteiger partial charge on any atom is 0.263 e. The summed E-state index contributed by atoms with van der Waals surface area (Å²) in [4.78, 5) is 31.9. The Bertz CT molecular complexity index is 907. The fourth-order valence-corrected chi connectivity index (χ4v) is 5.37. The van der Waals surface area contributed by atoms with Gasteiger partial charge in [-0.2, -0.15) is 0 Å². The van der Waals surface area contributed by atoms with E-state index in [1.807, 2.05) is 0 Å². The third kappa shape index (κ3) is 4.83. The van der Waals surface area contributed by atoms with Gasteiger partial charge in [0.25, 0.3) is 5.56 Å². The van der Waals surface area contributed by atoms with E-state index in [0.717, 1.165) is 35.9 Å². The molecule has 0 aromatic carbocycles. The van der Waals surface area contributed by atoms with Gasteiger partial charge in [0, 0.05) is 18.0 Å². The highest BCUT2D eigenvalue weighted by atomic mass is 32.2. The lowest BCUT2D eigenvalue weighted by atomic mass is 9.97. The number of ether oxygens (including phenoxy) is 1. The molecule has 3 rings (SSSR count). The van der Waals surface area contributed by atoms with Crippen LogP contribution in [-0.4, -0.2) is 52.7 Å². The molecule has 2 heterocycles. The van der Waals surface area contributed by atoms with Gasteiger partial charge >= 0.3 is 0 Å². The van der Waals surface area contributed by atoms with Crippen LogP contribution < -0.4 is 10.9 Å². The number of amides is 1. The molecular weight excluding hydrogens is 398 g/mol. The topological polar surface area (TPSA) is 93.5 Å². The SMILES string of the molecule is C=CCn1c(SCC(=O)NCCOCCO)nc2sc3c(c2c1=O)CCCC3. The third-order valence-electron chi connectivity index (χ3n) is 4.49. The second-order valence-electron chi connectivity index (χ2n) is 6.46. The summed E-state index contributed by atoms with van der Waals surface area (Å²) in [6, 6.07) is 0. The number of rotatable bonds is 10. The van der Waals surface area contributed by atoms with Gasteiger partial charge in [-0.1, -0.05) is 17.8 Å². The number of hydrogen-bond donors (Lipinski definition) is 2. The average molecular weight is 424 g/mol. The Hall–Kier alpha value is -1.68. The first-order valence-electron chi connectivity index (χ1n) is 9.39. The van der Waals surface area contributed by atoms with Crippen LogP contribution in [0.3, 0.4) is 0 Å². The zero-order valence-electron chi connectivity index (χ0n) is 15.7. The lowest BCUT2D eigenvalue weighted by Gasteiger charge is -2.12. The van der Waals surface area contributed by atoms with Crippen molar-refractivity contribution in [3.05, 3.63) is 33.4 Å². The van der Waals surface area contributed by atoms with Crippen LogP contribution in [0.5, 0.6) is 0 Å². The summed E-state index contributed by atoms with van der Waals surface area (Å²) in [6.45, 7) is 5.06. The van der Waals surface area contributed by atoms with Crippen molar-refractivity contribution in [2.24, 2.45) is 0 Å². The lowest BCUT2D eigenvalue weighted by molar-refractivity contribution is -0.118. The summed E-state index contributed by atoms with van der Waals surface area (Å²) in [5, 5.41) is 12.7. The third-order valence-corrected chi connectivity index (χ3v) is 6.65. The van der Waals surface area contributed by atoms with E-state index >= 15 is 0 Å². The van der Waals surface area contributed by atoms with Crippen LogP contribution in [0.1, 0.15) is 23.3 Å². The van der Waals surface area contributed by atoms with Gasteiger partial charge in [-0.05, 0) is 31.2 Å². The van der Waals surface area contributed by atoms with E-state index in [9.17, 15) is 9.59 Å². The zero-order valence-corrected chi connectivity index (χ0v) is 17.4. The molecule has 0 unspecified atom stereocenters. The molecule has 9 heteroatoms. The van der Waals surface area contributed by atoms with Crippen molar-refractivity contribution >= 4 is 39.2 Å². The number of aliphatic hydroxyl groups excluding tert-OH is 1. The number of aliphatic hydroxyl groups is 1. The summed E-state index contributed by atoms with van der Waals surface area (Å²) in [5.74, 6) is 0.0164. The molecule has 0 spiro atoms. The number of aromatic nitrogens is 2. The molecular formula is C19H25N3O4S2. The molecule has 7 nitrogen and oxygen atoms in total. The number of thioether (sulfide) groups is 1. The van der Waals surface area contributed by atoms with Crippen LogP contribution in [0.15, 0.2) is 22.6 Å². The number of nitrogens with one attached hydrogen (secondary N) is 1. The van der Waals surface area contributed by atoms with Crippen molar-refractivity contribution in [2.45, 2.75) is 37.4 Å². The van der Waals surface area contributed by atoms with E-state index < -0.39 is 0 Å². The molecule has 2 aromatic rings. The molecule has 28 heavy (non-hydrogen) atoms. The lowest BCUT2D eigenvalue weighted by Crippen LogP contribution is -2.29. The first-order valence-corrected chi connectivity index (χ1v) is 11.2. The standard InChI is InChI=1S/C19H25N3O4S2/c1-2-8-22-18(25)16-13-5-3-4-6-14(13)28-17(16)21-19(22)27-12-15(24)20-7-10-26-11-9-23/h2,23H,1,3-12H2,(H,20,24). The van der Waals surface area contributed by atoms with Crippen LogP contribution in [-0.2, 0) is 28.9 Å². The highest BCUT2D eigenvalue weighted by Gasteiger charge is 2.22. The van der Waals surface area contributed by atoms with Crippen molar-refractivity contribution in [1.29, 1.82) is 0 Å². The highest BCUT2D eigenvalue weighted by Crippen LogP contribution is 2.34. The zero-order chi connectivity index (χ0) is 19.9. The second kappa shape index (κ2) is 10.2. The van der Waals surface area contributed by atoms with E-state index in [4.69, 9.17) is 14.8 Å². The Morgan fingerprint density at radius 1 is 1.39 bits per heavy atom. The Morgan fingerprint density at radius 3 is 3.00 bits per heavy atom. The summed E-state index contributed by atoms with van der Waals surface area (Å²) >= 11 is 2.87. The van der Waals surface area contributed by atoms with Crippen LogP contribution in [0.25, 0.3) is 10.2 Å². The van der Waals surface area contributed by atoms with E-state index in [1.54, 1.807) is 22.0 Å². The van der Waals surface area contributed by atoms with Crippen molar-refractivity contribution in [3.63, 3.8) is 0 Å². The Kier molecular flexibility index (Phi) is 7.66. The van der Waals surface area contributed by atoms with E-state index in [0.29, 0.717) is 24.9 Å². The van der Waals surface area contributed by atoms with Gasteiger partial charge in [-0.15, -0.1) is 17.9 Å². The Labute approximate surface area is 171 Å². The molecule has 152 valence electrons. The normalized spacial score (nSPS) is 13.5. The second-order valence-corrected chi connectivity index (χ2v) is 8.49. The van der Waals surface area contributed by atoms with Gasteiger partial charge in [0.2, 0.25) is 5.91 Å². The summed E-state index contributed by atoms with van der Waals surface area (Å²) < 4.78 is 6.72. The maximum atomic E-state index is 13.1. The van der Waals surface area contributed by atoms with Crippen LogP contribution in [0.2, 0.25) is 0 Å². The number of fused-ring (bicyclic) bond motifs is 3. The summed E-state index contributed by atoms with van der Waals surface area (Å²) in [6.07, 6.45) is 5.90. The number of aryl methyl sites for hydroxylation is 2. The van der Waals surface area contributed by atoms with Crippen LogP contribution in [0, 0.1) is 0 Å². The van der Waals surface area contributed by atoms with Crippen LogP contribution in [0.4, 0.5) is 0 Å². The fourth-order valence-electron chi connectivity index (χ4n) is 3.23. The molecule has 0 bridgehead atoms. The largest absolute Gasteiger partial charge is 0.394 e. The van der Waals surface area contributed by atoms with Gasteiger partial charge in [0.15, 0.2) is 5.16 Å². The fraction of sp³-hybridized carbons (Fsp3) is 0.526. The Balaban J connectivity index is 1.75. The molecule has 0 atom stereocenters. The van der Waals surface area contributed by atoms with Gasteiger partial charge in [0.1, 0.15) is 4.83 Å². The maximum absolute atomic E-state index is 13.1. The summed E-state index contributed by atoms with van der Waals surface area (Å²) in [5.41, 5.74) is 1.13. The molecule has 1 aliphatic rings. The van der Waals surface area contributed by atoms with Gasteiger partial charge in [-0.3, -0.25) is 14.2 Å². The molecule has 0 saturated heterocycles. The number of hydrogen-bond acceptors (Lipinski definition) is 7. The van der Waals surface area contributed by atoms with Crippen molar-refractivity contribution < 1.29 is 14.6 Å². The van der Waals surface area contributed by atoms with E-state index in [-0.39, 0.29) is 30.4 Å². The highest BCUT2D eigenvalue weighted by molar-refractivity contribution is 7.99. The molecule has 0 fully saturated rings. The minimum absolute atomic E-state index is 0.0368. The van der Waals surface area contributed by atoms with E-state index in [2.05, 4.69) is 11.9 Å². The Morgan fingerprint density at radius 2 is 2.21 bits per heavy atom. The van der Waals surface area contributed by atoms with Crippen LogP contribution >= 0.6 is 23.1 Å². The molecule has 0 saturated carbocycles. The van der Waals surface area contributed by atoms with E-state index in [1.165, 1.54) is 22.2 Å². The van der Waals surface area contributed by atoms with Gasteiger partial charge < -0.3 is 15.2 Å². The predicted octanol–water partition coefficient (Wildman–Crippen LogP) is 1.74. The number of carbonyl (C=O) groups is 1. The van der Waals surface area contributed by atoms with Gasteiger partial charge in [0.05, 0.1) is 31.0 Å². The van der Waals surface area contributed by atoms with Crippen molar-refractivity contribution in [3.8, 4) is 0 Å². The quantitative estimate of drug-likeness (QED) is 0.262. The molecule has 2 N–H and O–H groups in total. The average Bonchev–Trinajstić information content (AvgIpc) is 3.07. The number of nitrogens with zero attached hydrogens (tertiary/aromatic N) is 2. The molecule has 0 radical (unpaired) electrons. The smallest absolute Gasteiger partial charge is 0.263 e. The number of thiophene rings is 1. The molecule has 0 aliphatic heterocycles. The number of carbonyl (C=O) groups excluding carboxylic acids is 1. The molecule has 1 amide bonds.